The van der Waals surface area contributed by atoms with Crippen molar-refractivity contribution >= 4 is 23.7 Å². The van der Waals surface area contributed by atoms with E-state index >= 15 is 0 Å². The molecule has 210 valence electrons. The maximum absolute atomic E-state index is 13.4. The number of nitrogens with two attached hydrogens (primary N) is 1. The van der Waals surface area contributed by atoms with Crippen LogP contribution in [0.4, 0.5) is 0 Å². The molecule has 0 spiro atoms. The van der Waals surface area contributed by atoms with Gasteiger partial charge < -0.3 is 15.3 Å². The van der Waals surface area contributed by atoms with Gasteiger partial charge in [0.15, 0.2) is 0 Å². The molecule has 1 heterocycles. The van der Waals surface area contributed by atoms with Crippen LogP contribution >= 0.6 is 0 Å². The number of nitrogens with one attached hydrogen (secondary N) is 3. The molecule has 0 aromatic heterocycles. The molecule has 0 saturated carbocycles. The summed E-state index contributed by atoms with van der Waals surface area (Å²) in [5.74, 6) is 2.79. The van der Waals surface area contributed by atoms with E-state index in [0.29, 0.717) is 64.6 Å². The highest BCUT2D eigenvalue weighted by Crippen LogP contribution is 2.21. The highest BCUT2D eigenvalue weighted by molar-refractivity contribution is 5.91. The number of amides is 3. The zero-order valence-corrected chi connectivity index (χ0v) is 21.8. The van der Waals surface area contributed by atoms with E-state index in [1.165, 1.54) is 4.90 Å². The number of carboxylic acid groups (broad SMARTS) is 1. The third kappa shape index (κ3) is 10.6. The van der Waals surface area contributed by atoms with Crippen molar-refractivity contribution in [3.8, 4) is 0 Å². The van der Waals surface area contributed by atoms with Gasteiger partial charge in [-0.1, -0.05) is 30.3 Å². The Kier molecular flexibility index (Phi) is 14.1. The number of carbonyl (C=O) groups is 4. The molecule has 6 N–H and O–H groups in total. The van der Waals surface area contributed by atoms with Crippen molar-refractivity contribution in [2.75, 3.05) is 19.6 Å². The summed E-state index contributed by atoms with van der Waals surface area (Å²) in [6, 6.07) is 6.73. The van der Waals surface area contributed by atoms with Crippen LogP contribution in [0.15, 0.2) is 35.5 Å². The highest BCUT2D eigenvalue weighted by Gasteiger charge is 2.38. The molecule has 0 bridgehead atoms. The maximum atomic E-state index is 13.4. The average molecular weight is 533 g/mol. The lowest BCUT2D eigenvalue weighted by atomic mass is 10.0. The summed E-state index contributed by atoms with van der Waals surface area (Å²) in [6.45, 7) is 1.39. The molecule has 0 aliphatic carbocycles. The van der Waals surface area contributed by atoms with Crippen molar-refractivity contribution in [1.29, 1.82) is 0 Å². The zero-order chi connectivity index (χ0) is 27.8. The molecule has 1 saturated heterocycles. The minimum atomic E-state index is -1.07. The molecule has 3 unspecified atom stereocenters. The Morgan fingerprint density at radius 1 is 1.03 bits per heavy atom. The molecule has 12 heteroatoms. The van der Waals surface area contributed by atoms with Gasteiger partial charge in [0, 0.05) is 31.2 Å². The quantitative estimate of drug-likeness (QED) is 0.0803. The van der Waals surface area contributed by atoms with Gasteiger partial charge >= 0.3 is 11.9 Å². The second-order valence-corrected chi connectivity index (χ2v) is 9.51. The molecule has 2 rings (SSSR count). The van der Waals surface area contributed by atoms with Crippen LogP contribution in [-0.2, 0) is 25.6 Å². The Morgan fingerprint density at radius 2 is 1.76 bits per heavy atom. The number of nitrogens with zero attached hydrogens (tertiary/aromatic N) is 2. The Balaban J connectivity index is 1.98. The summed E-state index contributed by atoms with van der Waals surface area (Å²) in [6.07, 6.45) is 5.09. The summed E-state index contributed by atoms with van der Waals surface area (Å²) in [7, 11) is 0. The van der Waals surface area contributed by atoms with Gasteiger partial charge in [-0.2, -0.15) is 0 Å². The minimum Gasteiger partial charge on any atom is -0.480 e. The summed E-state index contributed by atoms with van der Waals surface area (Å²) >= 11 is 0. The van der Waals surface area contributed by atoms with Crippen LogP contribution in [0, 0.1) is 4.91 Å². The van der Waals surface area contributed by atoms with Gasteiger partial charge in [-0.05, 0) is 63.4 Å². The van der Waals surface area contributed by atoms with E-state index in [1.807, 2.05) is 30.3 Å². The summed E-state index contributed by atoms with van der Waals surface area (Å²) < 4.78 is 0. The number of carboxylic acids is 1. The van der Waals surface area contributed by atoms with Crippen LogP contribution in [0.1, 0.15) is 63.4 Å². The maximum Gasteiger partial charge on any atom is 0.320 e. The molecular formula is C26H40N6O6. The van der Waals surface area contributed by atoms with Crippen molar-refractivity contribution in [1.82, 2.24) is 21.0 Å². The van der Waals surface area contributed by atoms with E-state index in [0.717, 1.165) is 18.4 Å². The van der Waals surface area contributed by atoms with E-state index in [9.17, 15) is 29.2 Å². The highest BCUT2D eigenvalue weighted by atomic mass is 16.4. The number of hydrogen-bond acceptors (Lipinski definition) is 8. The number of rotatable bonds is 18. The van der Waals surface area contributed by atoms with Gasteiger partial charge in [0.1, 0.15) is 12.1 Å². The summed E-state index contributed by atoms with van der Waals surface area (Å²) in [5, 5.41) is 18.2. The standard InChI is InChI=1S/C26H40N6O6/c27-29-17-7-5-13-23(33)28-16-6-4-11-20(25(35)32-18-8-12-22(32)24(34)31-38)30-21(26(36)37)15-14-19-9-2-1-3-10-19/h1-3,9-10,20-22,29-30H,4-8,11-18,27H2,(H,28,33)(H,36,37). The number of benzene rings is 1. The Labute approximate surface area is 223 Å². The van der Waals surface area contributed by atoms with E-state index in [2.05, 4.69) is 21.2 Å². The topological polar surface area (TPSA) is 183 Å². The zero-order valence-electron chi connectivity index (χ0n) is 21.8. The number of aliphatic carboxylic acids is 1. The van der Waals surface area contributed by atoms with Crippen molar-refractivity contribution in [3.63, 3.8) is 0 Å². The Hall–Kier alpha value is -3.22. The molecule has 3 amide bonds. The number of likely N-dealkylation sites (tertiary alicyclic amines) is 1. The fraction of sp³-hybridized carbons (Fsp3) is 0.615. The van der Waals surface area contributed by atoms with Crippen LogP contribution in [0.2, 0.25) is 0 Å². The van der Waals surface area contributed by atoms with E-state index in [-0.39, 0.29) is 12.3 Å². The molecule has 38 heavy (non-hydrogen) atoms. The summed E-state index contributed by atoms with van der Waals surface area (Å²) in [4.78, 5) is 61.6. The third-order valence-electron chi connectivity index (χ3n) is 6.69. The van der Waals surface area contributed by atoms with E-state index in [4.69, 9.17) is 5.84 Å². The van der Waals surface area contributed by atoms with Crippen LogP contribution in [0.25, 0.3) is 0 Å². The first-order valence-corrected chi connectivity index (χ1v) is 13.3. The molecule has 12 nitrogen and oxygen atoms in total. The molecule has 1 aromatic rings. The van der Waals surface area contributed by atoms with Crippen molar-refractivity contribution in [3.05, 3.63) is 40.8 Å². The van der Waals surface area contributed by atoms with Gasteiger partial charge in [0.2, 0.25) is 11.8 Å². The van der Waals surface area contributed by atoms with E-state index in [1.54, 1.807) is 0 Å². The lowest BCUT2D eigenvalue weighted by Crippen LogP contribution is -2.54. The fourth-order valence-electron chi connectivity index (χ4n) is 4.61. The average Bonchev–Trinajstić information content (AvgIpc) is 3.41. The van der Waals surface area contributed by atoms with Crippen LogP contribution in [0.5, 0.6) is 0 Å². The first-order valence-electron chi connectivity index (χ1n) is 13.3. The van der Waals surface area contributed by atoms with Gasteiger partial charge in [-0.3, -0.25) is 35.8 Å². The predicted molar refractivity (Wildman–Crippen MR) is 142 cm³/mol. The number of nitroso groups, excluding NO2 is 1. The van der Waals surface area contributed by atoms with Crippen LogP contribution in [0.3, 0.4) is 0 Å². The molecular weight excluding hydrogens is 492 g/mol. The lowest BCUT2D eigenvalue weighted by Gasteiger charge is -2.29. The number of aryl methyl sites for hydroxylation is 1. The van der Waals surface area contributed by atoms with Crippen molar-refractivity contribution in [2.45, 2.75) is 82.3 Å². The van der Waals surface area contributed by atoms with Gasteiger partial charge in [0.25, 0.3) is 0 Å². The molecule has 1 aliphatic heterocycles. The second kappa shape index (κ2) is 17.3. The smallest absolute Gasteiger partial charge is 0.320 e. The molecule has 1 fully saturated rings. The second-order valence-electron chi connectivity index (χ2n) is 9.51. The third-order valence-corrected chi connectivity index (χ3v) is 6.69. The predicted octanol–water partition coefficient (Wildman–Crippen LogP) is 1.23. The number of hydrazine groups is 1. The first-order chi connectivity index (χ1) is 18.4. The number of unbranched alkanes of at least 4 members (excludes halogenated alkanes) is 2. The van der Waals surface area contributed by atoms with Crippen LogP contribution in [-0.4, -0.2) is 71.5 Å². The minimum absolute atomic E-state index is 0.0561. The van der Waals surface area contributed by atoms with Crippen molar-refractivity contribution < 1.29 is 24.3 Å². The van der Waals surface area contributed by atoms with E-state index < -0.39 is 35.9 Å². The SMILES string of the molecule is NNCCCCC(=O)NCCCCC(NC(CCc1ccccc1)C(=O)O)C(=O)N1CCCC1C(=O)N=O. The molecule has 3 atom stereocenters. The number of hydrogen-bond donors (Lipinski definition) is 5. The van der Waals surface area contributed by atoms with Gasteiger partial charge in [-0.25, -0.2) is 0 Å². The van der Waals surface area contributed by atoms with Gasteiger partial charge in [-0.15, -0.1) is 4.91 Å². The fourth-order valence-corrected chi connectivity index (χ4v) is 4.61. The largest absolute Gasteiger partial charge is 0.480 e. The number of carbonyl (C=O) groups excluding carboxylic acids is 3. The Bertz CT molecular complexity index is 915. The molecule has 0 radical (unpaired) electrons. The Morgan fingerprint density at radius 3 is 2.45 bits per heavy atom. The lowest BCUT2D eigenvalue weighted by molar-refractivity contribution is -0.142. The monoisotopic (exact) mass is 532 g/mol. The normalized spacial score (nSPS) is 16.6. The van der Waals surface area contributed by atoms with Gasteiger partial charge in [0.05, 0.1) is 6.04 Å². The van der Waals surface area contributed by atoms with Crippen LogP contribution < -0.4 is 21.9 Å². The van der Waals surface area contributed by atoms with Crippen molar-refractivity contribution in [2.24, 2.45) is 11.0 Å². The first kappa shape index (κ1) is 31.0. The molecule has 1 aliphatic rings. The summed E-state index contributed by atoms with van der Waals surface area (Å²) in [5.41, 5.74) is 3.53. The molecule has 1 aromatic carbocycles.